The van der Waals surface area contributed by atoms with Crippen LogP contribution in [0.4, 0.5) is 23.2 Å². The van der Waals surface area contributed by atoms with E-state index in [0.717, 1.165) is 12.8 Å². The van der Waals surface area contributed by atoms with Gasteiger partial charge in [-0.1, -0.05) is 6.92 Å². The summed E-state index contributed by atoms with van der Waals surface area (Å²) in [4.78, 5) is 25.7. The Bertz CT molecular complexity index is 631. The molecule has 1 aliphatic heterocycles. The van der Waals surface area contributed by atoms with Crippen molar-refractivity contribution in [2.45, 2.75) is 44.8 Å². The lowest BCUT2D eigenvalue weighted by Crippen LogP contribution is -2.49. The van der Waals surface area contributed by atoms with Crippen LogP contribution in [0.15, 0.2) is 18.2 Å². The summed E-state index contributed by atoms with van der Waals surface area (Å²) in [6, 6.07) is 1.04. The fourth-order valence-corrected chi connectivity index (χ4v) is 2.72. The second-order valence-corrected chi connectivity index (χ2v) is 5.63. The van der Waals surface area contributed by atoms with E-state index in [-0.39, 0.29) is 12.3 Å². The van der Waals surface area contributed by atoms with Crippen molar-refractivity contribution >= 4 is 17.5 Å². The standard InChI is InChI=1S/C16H18F4N2O2/c1-2-14(23)22-8-4-3-5-13(22)15(24)21-12-9-10(16(18,19)20)6-7-11(12)17/h6-7,9,13H,2-5,8H2,1H3,(H,21,24)/t13-/m1/s1. The molecule has 2 amide bonds. The van der Waals surface area contributed by atoms with E-state index in [1.54, 1.807) is 6.92 Å². The van der Waals surface area contributed by atoms with Gasteiger partial charge in [-0.3, -0.25) is 9.59 Å². The minimum absolute atomic E-state index is 0.209. The number of nitrogens with one attached hydrogen (secondary N) is 1. The molecule has 8 heteroatoms. The summed E-state index contributed by atoms with van der Waals surface area (Å²) in [5.41, 5.74) is -1.59. The van der Waals surface area contributed by atoms with Crippen LogP contribution in [0.3, 0.4) is 0 Å². The summed E-state index contributed by atoms with van der Waals surface area (Å²) in [7, 11) is 0. The molecule has 24 heavy (non-hydrogen) atoms. The zero-order valence-electron chi connectivity index (χ0n) is 13.1. The van der Waals surface area contributed by atoms with Gasteiger partial charge in [0.15, 0.2) is 0 Å². The number of anilines is 1. The fourth-order valence-electron chi connectivity index (χ4n) is 2.72. The minimum Gasteiger partial charge on any atom is -0.331 e. The Balaban J connectivity index is 2.20. The van der Waals surface area contributed by atoms with E-state index in [1.165, 1.54) is 4.90 Å². The van der Waals surface area contributed by atoms with Crippen LogP contribution in [-0.2, 0) is 15.8 Å². The average molecular weight is 346 g/mol. The second-order valence-electron chi connectivity index (χ2n) is 5.63. The molecule has 0 spiro atoms. The van der Waals surface area contributed by atoms with Crippen LogP contribution in [0.25, 0.3) is 0 Å². The highest BCUT2D eigenvalue weighted by Crippen LogP contribution is 2.32. The highest BCUT2D eigenvalue weighted by atomic mass is 19.4. The minimum atomic E-state index is -4.64. The molecule has 1 atom stereocenters. The maximum atomic E-state index is 13.7. The normalized spacial score (nSPS) is 18.4. The van der Waals surface area contributed by atoms with Crippen molar-refractivity contribution in [3.05, 3.63) is 29.6 Å². The summed E-state index contributed by atoms with van der Waals surface area (Å²) < 4.78 is 51.9. The molecule has 1 heterocycles. The van der Waals surface area contributed by atoms with Gasteiger partial charge in [-0.25, -0.2) is 4.39 Å². The van der Waals surface area contributed by atoms with Crippen LogP contribution >= 0.6 is 0 Å². The molecule has 0 bridgehead atoms. The van der Waals surface area contributed by atoms with Crippen molar-refractivity contribution in [1.82, 2.24) is 4.90 Å². The van der Waals surface area contributed by atoms with Gasteiger partial charge >= 0.3 is 6.18 Å². The van der Waals surface area contributed by atoms with Gasteiger partial charge in [0.25, 0.3) is 0 Å². The van der Waals surface area contributed by atoms with Crippen LogP contribution in [-0.4, -0.2) is 29.3 Å². The molecule has 1 fully saturated rings. The first-order valence-electron chi connectivity index (χ1n) is 7.71. The van der Waals surface area contributed by atoms with Crippen molar-refractivity contribution < 1.29 is 27.2 Å². The Kier molecular flexibility index (Phi) is 5.46. The Labute approximate surface area is 136 Å². The Morgan fingerprint density at radius 2 is 2.00 bits per heavy atom. The Morgan fingerprint density at radius 1 is 1.29 bits per heavy atom. The molecule has 4 nitrogen and oxygen atoms in total. The van der Waals surface area contributed by atoms with Crippen LogP contribution in [0.1, 0.15) is 38.2 Å². The molecule has 0 aromatic heterocycles. The fraction of sp³-hybridized carbons (Fsp3) is 0.500. The molecule has 1 N–H and O–H groups in total. The molecule has 0 aliphatic carbocycles. The van der Waals surface area contributed by atoms with Crippen LogP contribution in [0.2, 0.25) is 0 Å². The zero-order chi connectivity index (χ0) is 17.9. The number of amides is 2. The molecule has 0 unspecified atom stereocenters. The van der Waals surface area contributed by atoms with Gasteiger partial charge in [0.05, 0.1) is 11.3 Å². The molecule has 0 radical (unpaired) electrons. The molecule has 1 aliphatic rings. The summed E-state index contributed by atoms with van der Waals surface area (Å²) in [5, 5.41) is 2.19. The average Bonchev–Trinajstić information content (AvgIpc) is 2.55. The van der Waals surface area contributed by atoms with Crippen LogP contribution in [0.5, 0.6) is 0 Å². The van der Waals surface area contributed by atoms with E-state index in [4.69, 9.17) is 0 Å². The zero-order valence-corrected chi connectivity index (χ0v) is 13.1. The molecular formula is C16H18F4N2O2. The second kappa shape index (κ2) is 7.19. The summed E-state index contributed by atoms with van der Waals surface area (Å²) in [5.74, 6) is -1.84. The summed E-state index contributed by atoms with van der Waals surface area (Å²) >= 11 is 0. The van der Waals surface area contributed by atoms with Crippen LogP contribution < -0.4 is 5.32 Å². The van der Waals surface area contributed by atoms with Crippen molar-refractivity contribution in [1.29, 1.82) is 0 Å². The number of likely N-dealkylation sites (tertiary alicyclic amines) is 1. The third kappa shape index (κ3) is 4.04. The molecule has 1 saturated heterocycles. The third-order valence-electron chi connectivity index (χ3n) is 3.98. The van der Waals surface area contributed by atoms with Crippen molar-refractivity contribution in [2.75, 3.05) is 11.9 Å². The van der Waals surface area contributed by atoms with Gasteiger partial charge in [0.1, 0.15) is 11.9 Å². The predicted molar refractivity (Wildman–Crippen MR) is 79.7 cm³/mol. The van der Waals surface area contributed by atoms with Crippen LogP contribution in [0, 0.1) is 5.82 Å². The van der Waals surface area contributed by atoms with E-state index in [0.29, 0.717) is 31.2 Å². The molecular weight excluding hydrogens is 328 g/mol. The van der Waals surface area contributed by atoms with Crippen molar-refractivity contribution in [3.63, 3.8) is 0 Å². The first-order chi connectivity index (χ1) is 11.2. The Hall–Kier alpha value is -2.12. The Morgan fingerprint density at radius 3 is 2.62 bits per heavy atom. The largest absolute Gasteiger partial charge is 0.416 e. The number of alkyl halides is 3. The number of hydrogen-bond donors (Lipinski definition) is 1. The molecule has 132 valence electrons. The molecule has 1 aromatic carbocycles. The summed E-state index contributed by atoms with van der Waals surface area (Å²) in [6.07, 6.45) is -2.54. The quantitative estimate of drug-likeness (QED) is 0.851. The molecule has 2 rings (SSSR count). The van der Waals surface area contributed by atoms with Gasteiger partial charge in [-0.15, -0.1) is 0 Å². The lowest BCUT2D eigenvalue weighted by atomic mass is 10.0. The third-order valence-corrected chi connectivity index (χ3v) is 3.98. The summed E-state index contributed by atoms with van der Waals surface area (Å²) in [6.45, 7) is 2.08. The maximum absolute atomic E-state index is 13.7. The number of halogens is 4. The molecule has 0 saturated carbocycles. The van der Waals surface area contributed by atoms with E-state index < -0.39 is 35.2 Å². The van der Waals surface area contributed by atoms with Gasteiger partial charge in [0, 0.05) is 13.0 Å². The van der Waals surface area contributed by atoms with Gasteiger partial charge in [-0.2, -0.15) is 13.2 Å². The number of hydrogen-bond acceptors (Lipinski definition) is 2. The predicted octanol–water partition coefficient (Wildman–Crippen LogP) is 3.57. The number of nitrogens with zero attached hydrogens (tertiary/aromatic N) is 1. The monoisotopic (exact) mass is 346 g/mol. The smallest absolute Gasteiger partial charge is 0.331 e. The van der Waals surface area contributed by atoms with E-state index >= 15 is 0 Å². The maximum Gasteiger partial charge on any atom is 0.416 e. The van der Waals surface area contributed by atoms with Gasteiger partial charge < -0.3 is 10.2 Å². The first-order valence-corrected chi connectivity index (χ1v) is 7.71. The highest BCUT2D eigenvalue weighted by Gasteiger charge is 2.33. The number of rotatable bonds is 3. The number of benzene rings is 1. The highest BCUT2D eigenvalue weighted by molar-refractivity contribution is 5.97. The number of carbonyl (C=O) groups is 2. The van der Waals surface area contributed by atoms with Gasteiger partial charge in [0.2, 0.25) is 11.8 Å². The number of piperidine rings is 1. The van der Waals surface area contributed by atoms with Crippen molar-refractivity contribution in [2.24, 2.45) is 0 Å². The van der Waals surface area contributed by atoms with E-state index in [2.05, 4.69) is 5.32 Å². The lowest BCUT2D eigenvalue weighted by Gasteiger charge is -2.34. The number of carbonyl (C=O) groups excluding carboxylic acids is 2. The van der Waals surface area contributed by atoms with E-state index in [1.807, 2.05) is 0 Å². The SMILES string of the molecule is CCC(=O)N1CCCC[C@@H]1C(=O)Nc1cc(C(F)(F)F)ccc1F. The first kappa shape index (κ1) is 18.2. The molecule has 1 aromatic rings. The van der Waals surface area contributed by atoms with Crippen molar-refractivity contribution in [3.8, 4) is 0 Å². The topological polar surface area (TPSA) is 49.4 Å². The van der Waals surface area contributed by atoms with E-state index in [9.17, 15) is 27.2 Å². The lowest BCUT2D eigenvalue weighted by molar-refractivity contribution is -0.140. The van der Waals surface area contributed by atoms with Gasteiger partial charge in [-0.05, 0) is 37.5 Å².